The molecule has 0 N–H and O–H groups in total. The van der Waals surface area contributed by atoms with Crippen LogP contribution in [0.3, 0.4) is 0 Å². The van der Waals surface area contributed by atoms with Gasteiger partial charge in [-0.3, -0.25) is 0 Å². The zero-order valence-corrected chi connectivity index (χ0v) is 35.8. The third kappa shape index (κ3) is 6.44. The average molecular weight is 812 g/mol. The van der Waals surface area contributed by atoms with Crippen LogP contribution in [0.25, 0.3) is 87.2 Å². The lowest BCUT2D eigenvalue weighted by atomic mass is 9.59. The maximum atomic E-state index is 7.48. The Hall–Kier alpha value is -6.90. The van der Waals surface area contributed by atoms with Gasteiger partial charge in [0.15, 0.2) is 0 Å². The van der Waals surface area contributed by atoms with Gasteiger partial charge in [0.25, 0.3) is 0 Å². The van der Waals surface area contributed by atoms with E-state index in [1.54, 1.807) is 0 Å². The normalized spacial score (nSPS) is 11.6. The molecule has 0 aliphatic carbocycles. The monoisotopic (exact) mass is 813 g/mol. The molecule has 66 heavy (non-hydrogen) atoms. The van der Waals surface area contributed by atoms with Crippen LogP contribution >= 0.6 is 0 Å². The minimum absolute atomic E-state index is 0.0898. The molecule has 0 atom stereocenters. The van der Waals surface area contributed by atoms with Gasteiger partial charge in [-0.15, -0.1) is 10.9 Å². The Kier molecular flexibility index (Phi) is 10.3. The quantitative estimate of drug-likeness (QED) is 0.168. The van der Waals surface area contributed by atoms with E-state index >= 15 is 0 Å². The Balaban J connectivity index is 1.22. The largest absolute Gasteiger partial charge is 0.312 e. The van der Waals surface area contributed by atoms with Gasteiger partial charge in [0.05, 0.1) is 0 Å². The van der Waals surface area contributed by atoms with Gasteiger partial charge in [-0.2, -0.15) is 0 Å². The van der Waals surface area contributed by atoms with Crippen LogP contribution < -0.4 is 54.1 Å². The summed E-state index contributed by atoms with van der Waals surface area (Å²) in [5, 5.41) is 8.37. The fourth-order valence-corrected chi connectivity index (χ4v) is 9.93. The fraction of sp³-hybridized carbons (Fsp3) is 0. The number of hydrogen-bond acceptors (Lipinski definition) is 1. The highest BCUT2D eigenvalue weighted by atomic mass is 15.1. The van der Waals surface area contributed by atoms with Gasteiger partial charge in [0.1, 0.15) is 70.6 Å². The highest BCUT2D eigenvalue weighted by Crippen LogP contribution is 2.44. The van der Waals surface area contributed by atoms with Crippen molar-refractivity contribution in [2.45, 2.75) is 0 Å². The van der Waals surface area contributed by atoms with E-state index in [4.69, 9.17) is 70.6 Å². The molecule has 1 nitrogen and oxygen atoms in total. The lowest BCUT2D eigenvalue weighted by Crippen LogP contribution is -2.51. The summed E-state index contributed by atoms with van der Waals surface area (Å²) < 4.78 is 0. The zero-order chi connectivity index (χ0) is 45.5. The number of nitrogens with zero attached hydrogens (tertiary/aromatic N) is 1. The molecule has 0 aliphatic heterocycles. The second-order valence-electron chi connectivity index (χ2n) is 16.8. The molecule has 18 radical (unpaired) electrons. The summed E-state index contributed by atoms with van der Waals surface area (Å²) in [7, 11) is 61.7. The Morgan fingerprint density at radius 1 is 0.258 bits per heavy atom. The molecule has 10 heteroatoms. The van der Waals surface area contributed by atoms with Crippen LogP contribution in [0.1, 0.15) is 0 Å². The standard InChI is InChI=1S/C56H28B9N/c57-47-43-44-46(49(59)48(58)45(43)50(60)54(64)53(47)63)51(61)55(65)56(52(44)62)66(33-23-21-31(22-24-33)36-20-10-15-29-13-4-6-16-35(29)36)34-25-26-40(41(28-34)30-11-2-1-3-12-30)42-27-32-14-5-7-17-37(32)38-18-8-9-19-39(38)42/h1-28H. The molecule has 0 amide bonds. The van der Waals surface area contributed by atoms with Gasteiger partial charge in [-0.05, 0) is 118 Å². The van der Waals surface area contributed by atoms with Gasteiger partial charge in [0.2, 0.25) is 0 Å². The third-order valence-corrected chi connectivity index (χ3v) is 13.2. The first-order chi connectivity index (χ1) is 32.0. The van der Waals surface area contributed by atoms with Gasteiger partial charge in [-0.25, -0.2) is 0 Å². The third-order valence-electron chi connectivity index (χ3n) is 13.2. The van der Waals surface area contributed by atoms with Crippen LogP contribution in [-0.4, -0.2) is 70.6 Å². The van der Waals surface area contributed by atoms with E-state index < -0.39 is 0 Å². The Bertz CT molecular complexity index is 3810. The van der Waals surface area contributed by atoms with E-state index in [2.05, 4.69) is 146 Å². The molecule has 0 heterocycles. The summed E-state index contributed by atoms with van der Waals surface area (Å²) in [4.78, 5) is 2.03. The Labute approximate surface area is 396 Å². The first kappa shape index (κ1) is 41.8. The summed E-state index contributed by atoms with van der Waals surface area (Å²) in [5.41, 5.74) is 9.48. The van der Waals surface area contributed by atoms with Crippen LogP contribution in [0.15, 0.2) is 170 Å². The number of benzene rings is 11. The SMILES string of the molecule is [B]c1c([B])c([B])c2c(c1[B])c([B])c([B])c1c([B])c([B])c(N(c3ccc(-c4cccc5ccccc45)cc3)c3ccc(-c4cc5ccccc5c5ccccc45)c(-c4ccccc4)c3)c([B])c12. The molecular weight excluding hydrogens is 784 g/mol. The molecule has 0 unspecified atom stereocenters. The fourth-order valence-electron chi connectivity index (χ4n) is 9.93. The van der Waals surface area contributed by atoms with Gasteiger partial charge < -0.3 is 4.90 Å². The van der Waals surface area contributed by atoms with Crippen molar-refractivity contribution in [3.8, 4) is 33.4 Å². The number of hydrogen-bond donors (Lipinski definition) is 0. The smallest absolute Gasteiger partial charge is 0.117 e. The minimum Gasteiger partial charge on any atom is -0.312 e. The van der Waals surface area contributed by atoms with Crippen LogP contribution in [0, 0.1) is 0 Å². The predicted octanol–water partition coefficient (Wildman–Crippen LogP) is 5.07. The van der Waals surface area contributed by atoms with E-state index in [0.717, 1.165) is 66.3 Å². The maximum absolute atomic E-state index is 7.48. The minimum atomic E-state index is 0.0898. The molecule has 11 rings (SSSR count). The molecule has 11 aromatic carbocycles. The number of rotatable bonds is 6. The molecule has 284 valence electrons. The Morgan fingerprint density at radius 2 is 0.758 bits per heavy atom. The lowest BCUT2D eigenvalue weighted by Gasteiger charge is -2.34. The molecular formula is C56H28B9N. The van der Waals surface area contributed by atoms with Gasteiger partial charge >= 0.3 is 0 Å². The molecule has 0 aromatic heterocycles. The molecule has 11 aromatic rings. The van der Waals surface area contributed by atoms with Crippen LogP contribution in [-0.2, 0) is 0 Å². The highest BCUT2D eigenvalue weighted by molar-refractivity contribution is 6.74. The van der Waals surface area contributed by atoms with Crippen molar-refractivity contribution < 1.29 is 0 Å². The van der Waals surface area contributed by atoms with Crippen molar-refractivity contribution in [3.63, 3.8) is 0 Å². The van der Waals surface area contributed by atoms with E-state index in [1.807, 2.05) is 29.2 Å². The predicted molar refractivity (Wildman–Crippen MR) is 293 cm³/mol. The number of fused-ring (bicyclic) bond motifs is 7. The van der Waals surface area contributed by atoms with E-state index in [1.165, 1.54) is 10.8 Å². The number of anilines is 3. The summed E-state index contributed by atoms with van der Waals surface area (Å²) in [6.45, 7) is 0. The van der Waals surface area contributed by atoms with Crippen LogP contribution in [0.5, 0.6) is 0 Å². The van der Waals surface area contributed by atoms with Gasteiger partial charge in [-0.1, -0.05) is 178 Å². The van der Waals surface area contributed by atoms with E-state index in [9.17, 15) is 0 Å². The van der Waals surface area contributed by atoms with Crippen molar-refractivity contribution in [3.05, 3.63) is 170 Å². The van der Waals surface area contributed by atoms with Crippen LogP contribution in [0.2, 0.25) is 0 Å². The second kappa shape index (κ2) is 16.2. The summed E-state index contributed by atoms with van der Waals surface area (Å²) in [6, 6.07) is 59.1. The van der Waals surface area contributed by atoms with Crippen LogP contribution in [0.4, 0.5) is 17.1 Å². The van der Waals surface area contributed by atoms with E-state index in [-0.39, 0.29) is 49.2 Å². The second-order valence-corrected chi connectivity index (χ2v) is 16.8. The van der Waals surface area contributed by atoms with Gasteiger partial charge in [0, 0.05) is 17.1 Å². The average Bonchev–Trinajstić information content (AvgIpc) is 3.36. The van der Waals surface area contributed by atoms with Crippen molar-refractivity contribution >= 4 is 191 Å². The molecule has 0 saturated carbocycles. The van der Waals surface area contributed by atoms with E-state index in [0.29, 0.717) is 27.2 Å². The first-order valence-corrected chi connectivity index (χ1v) is 21.5. The highest BCUT2D eigenvalue weighted by Gasteiger charge is 2.26. The topological polar surface area (TPSA) is 3.24 Å². The summed E-state index contributed by atoms with van der Waals surface area (Å²) in [6.07, 6.45) is 0. The molecule has 0 aliphatic rings. The van der Waals surface area contributed by atoms with Crippen molar-refractivity contribution in [1.29, 1.82) is 0 Å². The Morgan fingerprint density at radius 3 is 1.45 bits per heavy atom. The molecule has 0 fully saturated rings. The van der Waals surface area contributed by atoms with Crippen molar-refractivity contribution in [2.24, 2.45) is 0 Å². The summed E-state index contributed by atoms with van der Waals surface area (Å²) >= 11 is 0. The zero-order valence-electron chi connectivity index (χ0n) is 35.8. The molecule has 0 saturated heterocycles. The molecule has 0 bridgehead atoms. The lowest BCUT2D eigenvalue weighted by molar-refractivity contribution is 1.31. The first-order valence-electron chi connectivity index (χ1n) is 21.5. The van der Waals surface area contributed by atoms with Crippen molar-refractivity contribution in [2.75, 3.05) is 4.90 Å². The molecule has 0 spiro atoms. The summed E-state index contributed by atoms with van der Waals surface area (Å²) in [5.74, 6) is 0. The van der Waals surface area contributed by atoms with Crippen molar-refractivity contribution in [1.82, 2.24) is 0 Å². The maximum Gasteiger partial charge on any atom is 0.117 e.